The van der Waals surface area contributed by atoms with E-state index in [9.17, 15) is 9.59 Å². The third-order valence-corrected chi connectivity index (χ3v) is 0.480. The van der Waals surface area contributed by atoms with Crippen molar-refractivity contribution in [3.8, 4) is 0 Å². The molecule has 0 aromatic heterocycles. The zero-order valence-electron chi connectivity index (χ0n) is 6.51. The van der Waals surface area contributed by atoms with E-state index in [1.165, 1.54) is 7.11 Å². The Balaban J connectivity index is -0.000000245. The molecule has 5 heteroatoms. The Labute approximate surface area is 104 Å². The molecule has 0 aliphatic heterocycles. The first-order valence-corrected chi connectivity index (χ1v) is 1.95. The van der Waals surface area contributed by atoms with Crippen molar-refractivity contribution in [3.05, 3.63) is 13.3 Å². The minimum absolute atomic E-state index is 0. The monoisotopic (exact) mass is 160 g/mol. The molecule has 46 valence electrons. The molecular weight excluding hydrogens is 154 g/mol. The zero-order valence-corrected chi connectivity index (χ0v) is 10.5. The van der Waals surface area contributed by atoms with Crippen molar-refractivity contribution in [2.75, 3.05) is 7.11 Å². The van der Waals surface area contributed by atoms with E-state index in [1.807, 2.05) is 0 Å². The molecule has 3 nitrogen and oxygen atoms in total. The molecular formula is C5H6Na2O3. The molecule has 0 saturated carbocycles. The van der Waals surface area contributed by atoms with Gasteiger partial charge in [-0.2, -0.15) is 0 Å². The number of ketones is 1. The van der Waals surface area contributed by atoms with Crippen LogP contribution in [0.15, 0.2) is 0 Å². The van der Waals surface area contributed by atoms with Crippen LogP contribution in [0.2, 0.25) is 0 Å². The van der Waals surface area contributed by atoms with E-state index < -0.39 is 11.8 Å². The summed E-state index contributed by atoms with van der Waals surface area (Å²) in [6.07, 6.45) is 0.778. The minimum atomic E-state index is -0.662. The van der Waals surface area contributed by atoms with Gasteiger partial charge in [0.05, 0.1) is 7.11 Å². The number of esters is 1. The number of rotatable bonds is 2. The number of carbonyl (C=O) groups is 2. The summed E-state index contributed by atoms with van der Waals surface area (Å²) in [7, 11) is 1.20. The fraction of sp³-hybridized carbons (Fsp3) is 0.200. The van der Waals surface area contributed by atoms with Gasteiger partial charge in [0.1, 0.15) is 0 Å². The van der Waals surface area contributed by atoms with Crippen LogP contribution in [-0.2, 0) is 14.3 Å². The number of hydrogen-bond acceptors (Lipinski definition) is 3. The van der Waals surface area contributed by atoms with E-state index in [-0.39, 0.29) is 59.1 Å². The molecule has 0 fully saturated rings. The maximum absolute atomic E-state index is 10.1. The van der Waals surface area contributed by atoms with Crippen LogP contribution < -0.4 is 59.1 Å². The van der Waals surface area contributed by atoms with Crippen LogP contribution in [0.4, 0.5) is 0 Å². The maximum atomic E-state index is 10.1. The molecule has 0 bridgehead atoms. The number of methoxy groups -OCH3 is 1. The average molecular weight is 160 g/mol. The van der Waals surface area contributed by atoms with Crippen molar-refractivity contribution in [1.82, 2.24) is 0 Å². The fourth-order valence-corrected chi connectivity index (χ4v) is 0.190. The number of ether oxygens (including phenoxy) is 1. The van der Waals surface area contributed by atoms with Crippen LogP contribution in [0.3, 0.4) is 0 Å². The summed E-state index contributed by atoms with van der Waals surface area (Å²) >= 11 is 0. The summed E-state index contributed by atoms with van der Waals surface area (Å²) in [5.41, 5.74) is 0. The van der Waals surface area contributed by atoms with Gasteiger partial charge < -0.3 is 16.5 Å². The van der Waals surface area contributed by atoms with Gasteiger partial charge in [0.2, 0.25) is 0 Å². The third kappa shape index (κ3) is 11.6. The van der Waals surface area contributed by atoms with Gasteiger partial charge >= 0.3 is 59.1 Å². The van der Waals surface area contributed by atoms with Gasteiger partial charge in [0, 0.05) is 0 Å². The SMILES string of the molecule is [CH2-]C(=O)[CH-]C(=O)OC.[Na+].[Na+]. The Morgan fingerprint density at radius 1 is 1.40 bits per heavy atom. The van der Waals surface area contributed by atoms with Gasteiger partial charge in [0.25, 0.3) is 0 Å². The van der Waals surface area contributed by atoms with Crippen LogP contribution in [0, 0.1) is 13.3 Å². The molecule has 0 radical (unpaired) electrons. The molecule has 10 heavy (non-hydrogen) atoms. The second-order valence-corrected chi connectivity index (χ2v) is 1.13. The summed E-state index contributed by atoms with van der Waals surface area (Å²) in [5, 5.41) is 0. The molecule has 0 rings (SSSR count). The smallest absolute Gasteiger partial charge is 0.491 e. The molecule has 0 aromatic carbocycles. The Kier molecular flexibility index (Phi) is 16.9. The molecule has 0 aliphatic carbocycles. The van der Waals surface area contributed by atoms with Crippen molar-refractivity contribution in [2.45, 2.75) is 0 Å². The molecule has 0 aromatic rings. The van der Waals surface area contributed by atoms with E-state index in [2.05, 4.69) is 11.7 Å². The van der Waals surface area contributed by atoms with E-state index in [0.29, 0.717) is 0 Å². The van der Waals surface area contributed by atoms with Crippen LogP contribution in [-0.4, -0.2) is 18.9 Å². The molecule has 0 aliphatic rings. The maximum Gasteiger partial charge on any atom is 1.00 e. The predicted molar refractivity (Wildman–Crippen MR) is 26.7 cm³/mol. The van der Waals surface area contributed by atoms with Gasteiger partial charge in [-0.1, -0.05) is 0 Å². The van der Waals surface area contributed by atoms with Crippen LogP contribution in [0.5, 0.6) is 0 Å². The first-order valence-electron chi connectivity index (χ1n) is 1.95. The topological polar surface area (TPSA) is 43.4 Å². The molecule has 0 spiro atoms. The number of hydrogen-bond donors (Lipinski definition) is 0. The second-order valence-electron chi connectivity index (χ2n) is 1.13. The van der Waals surface area contributed by atoms with E-state index in [0.717, 1.165) is 6.42 Å². The minimum Gasteiger partial charge on any atom is -0.491 e. The predicted octanol–water partition coefficient (Wildman–Crippen LogP) is -6.23. The summed E-state index contributed by atoms with van der Waals surface area (Å²) in [4.78, 5) is 20.0. The van der Waals surface area contributed by atoms with Crippen molar-refractivity contribution in [2.24, 2.45) is 0 Å². The molecule has 0 amide bonds. The summed E-state index contributed by atoms with van der Waals surface area (Å²) < 4.78 is 4.11. The van der Waals surface area contributed by atoms with Gasteiger partial charge in [-0.05, 0) is 0 Å². The van der Waals surface area contributed by atoms with Gasteiger partial charge in [-0.15, -0.1) is 5.78 Å². The van der Waals surface area contributed by atoms with Gasteiger partial charge in [-0.25, -0.2) is 0 Å². The van der Waals surface area contributed by atoms with Crippen molar-refractivity contribution in [3.63, 3.8) is 0 Å². The standard InChI is InChI=1S/C5H6O3.2Na/c1-4(6)3-5(7)8-2;;/h3H,1H2,2H3;;/q-2;2*+1. The zero-order chi connectivity index (χ0) is 6.57. The van der Waals surface area contributed by atoms with E-state index in [1.54, 1.807) is 0 Å². The van der Waals surface area contributed by atoms with Crippen molar-refractivity contribution < 1.29 is 73.4 Å². The molecule has 0 heterocycles. The largest absolute Gasteiger partial charge is 1.00 e. The third-order valence-electron chi connectivity index (χ3n) is 0.480. The van der Waals surface area contributed by atoms with E-state index in [4.69, 9.17) is 0 Å². The Morgan fingerprint density at radius 3 is 1.90 bits per heavy atom. The van der Waals surface area contributed by atoms with Crippen LogP contribution in [0.25, 0.3) is 0 Å². The Morgan fingerprint density at radius 2 is 1.80 bits per heavy atom. The van der Waals surface area contributed by atoms with E-state index >= 15 is 0 Å². The average Bonchev–Trinajstić information content (AvgIpc) is 1.65. The molecule has 0 saturated heterocycles. The van der Waals surface area contributed by atoms with Crippen LogP contribution in [0.1, 0.15) is 0 Å². The van der Waals surface area contributed by atoms with Crippen molar-refractivity contribution >= 4 is 11.8 Å². The summed E-state index contributed by atoms with van der Waals surface area (Å²) in [6.45, 7) is 2.93. The Hall–Kier alpha value is 0.880. The van der Waals surface area contributed by atoms with Crippen LogP contribution >= 0.6 is 0 Å². The normalized spacial score (nSPS) is 6.10. The number of carbonyl (C=O) groups excluding carboxylic acids is 2. The molecule has 0 atom stereocenters. The fourth-order valence-electron chi connectivity index (χ4n) is 0.190. The Bertz CT molecular complexity index is 113. The molecule has 0 N–H and O–H groups in total. The summed E-state index contributed by atoms with van der Waals surface area (Å²) in [5.74, 6) is -1.21. The number of Topliss-reactive ketones (excluding diaryl/α,β-unsaturated/α-hetero) is 1. The first kappa shape index (κ1) is 17.1. The second kappa shape index (κ2) is 9.88. The van der Waals surface area contributed by atoms with Crippen molar-refractivity contribution in [1.29, 1.82) is 0 Å². The summed E-state index contributed by atoms with van der Waals surface area (Å²) in [6, 6.07) is 0. The van der Waals surface area contributed by atoms with Gasteiger partial charge in [-0.3, -0.25) is 11.2 Å². The van der Waals surface area contributed by atoms with Gasteiger partial charge in [0.15, 0.2) is 5.97 Å². The first-order chi connectivity index (χ1) is 3.66. The molecule has 0 unspecified atom stereocenters. The quantitative estimate of drug-likeness (QED) is 0.175.